The topological polar surface area (TPSA) is 62.3 Å². The zero-order chi connectivity index (χ0) is 13.6. The summed E-state index contributed by atoms with van der Waals surface area (Å²) in [5.74, 6) is 0. The lowest BCUT2D eigenvalue weighted by Crippen LogP contribution is -2.39. The Morgan fingerprint density at radius 2 is 2.22 bits per heavy atom. The van der Waals surface area contributed by atoms with E-state index in [-0.39, 0.29) is 6.04 Å². The van der Waals surface area contributed by atoms with Gasteiger partial charge in [0, 0.05) is 32.0 Å². The molecule has 0 saturated heterocycles. The fourth-order valence-corrected chi connectivity index (χ4v) is 2.65. The molecule has 0 spiro atoms. The maximum Gasteiger partial charge on any atom is 0.279 e. The number of pyridine rings is 1. The second kappa shape index (κ2) is 6.82. The normalized spacial score (nSPS) is 13.8. The van der Waals surface area contributed by atoms with E-state index in [1.54, 1.807) is 25.5 Å². The fourth-order valence-electron chi connectivity index (χ4n) is 1.51. The van der Waals surface area contributed by atoms with Gasteiger partial charge in [0.2, 0.25) is 0 Å². The van der Waals surface area contributed by atoms with Crippen LogP contribution in [0.3, 0.4) is 0 Å². The van der Waals surface area contributed by atoms with Gasteiger partial charge >= 0.3 is 0 Å². The maximum absolute atomic E-state index is 12.0. The molecule has 0 aliphatic heterocycles. The highest BCUT2D eigenvalue weighted by Crippen LogP contribution is 2.12. The van der Waals surface area contributed by atoms with Crippen LogP contribution in [-0.4, -0.2) is 31.3 Å². The first-order valence-electron chi connectivity index (χ1n) is 6.11. The molecule has 6 heteroatoms. The largest absolute Gasteiger partial charge is 0.279 e. The molecule has 1 aromatic rings. The van der Waals surface area contributed by atoms with Gasteiger partial charge in [0.25, 0.3) is 10.2 Å². The molecule has 1 aromatic heterocycles. The monoisotopic (exact) mass is 271 g/mol. The smallest absolute Gasteiger partial charge is 0.264 e. The average Bonchev–Trinajstić information content (AvgIpc) is 2.36. The van der Waals surface area contributed by atoms with Gasteiger partial charge in [0.1, 0.15) is 0 Å². The highest BCUT2D eigenvalue weighted by atomic mass is 32.2. The molecule has 0 bridgehead atoms. The Hall–Kier alpha value is -0.980. The summed E-state index contributed by atoms with van der Waals surface area (Å²) < 4.78 is 28.0. The predicted molar refractivity (Wildman–Crippen MR) is 72.2 cm³/mol. The zero-order valence-corrected chi connectivity index (χ0v) is 11.9. The minimum absolute atomic E-state index is 0.284. The summed E-state index contributed by atoms with van der Waals surface area (Å²) in [5, 5.41) is 0. The van der Waals surface area contributed by atoms with Crippen molar-refractivity contribution in [2.24, 2.45) is 0 Å². The van der Waals surface area contributed by atoms with Crippen LogP contribution >= 0.6 is 0 Å². The summed E-state index contributed by atoms with van der Waals surface area (Å²) >= 11 is 0. The molecule has 0 saturated carbocycles. The third kappa shape index (κ3) is 4.36. The van der Waals surface area contributed by atoms with E-state index in [1.807, 2.05) is 19.9 Å². The van der Waals surface area contributed by atoms with Gasteiger partial charge in [-0.15, -0.1) is 0 Å². The van der Waals surface area contributed by atoms with Crippen molar-refractivity contribution in [3.8, 4) is 0 Å². The Kier molecular flexibility index (Phi) is 5.71. The molecule has 1 rings (SSSR count). The van der Waals surface area contributed by atoms with E-state index >= 15 is 0 Å². The van der Waals surface area contributed by atoms with Gasteiger partial charge in [-0.1, -0.05) is 19.4 Å². The first-order chi connectivity index (χ1) is 8.47. The number of nitrogens with zero attached hydrogens (tertiary/aromatic N) is 2. The minimum atomic E-state index is -3.42. The molecule has 1 N–H and O–H groups in total. The zero-order valence-electron chi connectivity index (χ0n) is 11.1. The van der Waals surface area contributed by atoms with Crippen LogP contribution in [0.5, 0.6) is 0 Å². The fraction of sp³-hybridized carbons (Fsp3) is 0.583. The summed E-state index contributed by atoms with van der Waals surface area (Å²) in [6.07, 6.45) is 5.16. The Labute approximate surface area is 109 Å². The summed E-state index contributed by atoms with van der Waals surface area (Å²) in [6.45, 7) is 4.37. The molecular formula is C12H21N3O2S. The van der Waals surface area contributed by atoms with Gasteiger partial charge in [-0.25, -0.2) is 0 Å². The summed E-state index contributed by atoms with van der Waals surface area (Å²) in [7, 11) is -1.83. The summed E-state index contributed by atoms with van der Waals surface area (Å²) in [6, 6.07) is 3.36. The number of unbranched alkanes of at least 4 members (excludes halogenated alkanes) is 1. The second-order valence-electron chi connectivity index (χ2n) is 4.31. The minimum Gasteiger partial charge on any atom is -0.264 e. The van der Waals surface area contributed by atoms with Crippen LogP contribution < -0.4 is 4.72 Å². The summed E-state index contributed by atoms with van der Waals surface area (Å²) in [4.78, 5) is 3.98. The molecule has 1 unspecified atom stereocenters. The molecule has 0 aromatic carbocycles. The van der Waals surface area contributed by atoms with Crippen molar-refractivity contribution in [2.75, 3.05) is 13.6 Å². The highest BCUT2D eigenvalue weighted by molar-refractivity contribution is 7.87. The van der Waals surface area contributed by atoms with Crippen molar-refractivity contribution in [1.29, 1.82) is 0 Å². The van der Waals surface area contributed by atoms with Crippen LogP contribution in [0.2, 0.25) is 0 Å². The van der Waals surface area contributed by atoms with Gasteiger partial charge in [0.05, 0.1) is 0 Å². The van der Waals surface area contributed by atoms with Crippen molar-refractivity contribution in [2.45, 2.75) is 32.7 Å². The number of rotatable bonds is 7. The summed E-state index contributed by atoms with van der Waals surface area (Å²) in [5.41, 5.74) is 0.852. The van der Waals surface area contributed by atoms with Crippen molar-refractivity contribution in [3.05, 3.63) is 30.1 Å². The molecule has 0 radical (unpaired) electrons. The number of hydrogen-bond acceptors (Lipinski definition) is 3. The lowest BCUT2D eigenvalue weighted by Gasteiger charge is -2.21. The van der Waals surface area contributed by atoms with Crippen molar-refractivity contribution in [1.82, 2.24) is 14.0 Å². The Morgan fingerprint density at radius 3 is 2.78 bits per heavy atom. The Bertz CT molecular complexity index is 448. The third-order valence-corrected chi connectivity index (χ3v) is 4.40. The van der Waals surface area contributed by atoms with Crippen molar-refractivity contribution < 1.29 is 8.42 Å². The van der Waals surface area contributed by atoms with E-state index in [9.17, 15) is 8.42 Å². The second-order valence-corrected chi connectivity index (χ2v) is 6.12. The van der Waals surface area contributed by atoms with Crippen LogP contribution in [0.1, 0.15) is 38.3 Å². The van der Waals surface area contributed by atoms with Crippen molar-refractivity contribution >= 4 is 10.2 Å². The van der Waals surface area contributed by atoms with Crippen LogP contribution in [0.25, 0.3) is 0 Å². The van der Waals surface area contributed by atoms with E-state index in [2.05, 4.69) is 9.71 Å². The van der Waals surface area contributed by atoms with Gasteiger partial charge in [-0.05, 0) is 25.0 Å². The van der Waals surface area contributed by atoms with Crippen molar-refractivity contribution in [3.63, 3.8) is 0 Å². The predicted octanol–water partition coefficient (Wildman–Crippen LogP) is 1.71. The van der Waals surface area contributed by atoms with Gasteiger partial charge in [-0.2, -0.15) is 17.4 Å². The maximum atomic E-state index is 12.0. The SMILES string of the molecule is CCCCN(C)S(=O)(=O)NC(C)c1cccnc1. The highest BCUT2D eigenvalue weighted by Gasteiger charge is 2.20. The quantitative estimate of drug-likeness (QED) is 0.821. The van der Waals surface area contributed by atoms with Gasteiger partial charge in [0.15, 0.2) is 0 Å². The van der Waals surface area contributed by atoms with Crippen LogP contribution in [0.4, 0.5) is 0 Å². The van der Waals surface area contributed by atoms with Crippen LogP contribution in [-0.2, 0) is 10.2 Å². The van der Waals surface area contributed by atoms with Crippen LogP contribution in [0, 0.1) is 0 Å². The van der Waals surface area contributed by atoms with Gasteiger partial charge < -0.3 is 0 Å². The lowest BCUT2D eigenvalue weighted by molar-refractivity contribution is 0.442. The standard InChI is InChI=1S/C12H21N3O2S/c1-4-5-9-15(3)18(16,17)14-11(2)12-7-6-8-13-10-12/h6-8,10-11,14H,4-5,9H2,1-3H3. The van der Waals surface area contributed by atoms with Gasteiger partial charge in [-0.3, -0.25) is 4.98 Å². The molecule has 1 heterocycles. The molecule has 0 amide bonds. The average molecular weight is 271 g/mol. The Balaban J connectivity index is 2.65. The van der Waals surface area contributed by atoms with E-state index in [1.165, 1.54) is 4.31 Å². The molecule has 0 aliphatic carbocycles. The third-order valence-electron chi connectivity index (χ3n) is 2.75. The van der Waals surface area contributed by atoms with E-state index < -0.39 is 10.2 Å². The molecule has 1 atom stereocenters. The Morgan fingerprint density at radius 1 is 1.50 bits per heavy atom. The molecule has 5 nitrogen and oxygen atoms in total. The molecular weight excluding hydrogens is 250 g/mol. The van der Waals surface area contributed by atoms with E-state index in [0.29, 0.717) is 6.54 Å². The number of hydrogen-bond donors (Lipinski definition) is 1. The lowest BCUT2D eigenvalue weighted by atomic mass is 10.2. The molecule has 18 heavy (non-hydrogen) atoms. The van der Waals surface area contributed by atoms with E-state index in [4.69, 9.17) is 0 Å². The molecule has 102 valence electrons. The molecule has 0 aliphatic rings. The first kappa shape index (κ1) is 15.1. The first-order valence-corrected chi connectivity index (χ1v) is 7.55. The van der Waals surface area contributed by atoms with E-state index in [0.717, 1.165) is 18.4 Å². The molecule has 0 fully saturated rings. The number of nitrogens with one attached hydrogen (secondary N) is 1. The van der Waals surface area contributed by atoms with Crippen LogP contribution in [0.15, 0.2) is 24.5 Å². The number of aromatic nitrogens is 1.